The summed E-state index contributed by atoms with van der Waals surface area (Å²) in [7, 11) is 0. The summed E-state index contributed by atoms with van der Waals surface area (Å²) in [4.78, 5) is 0. The predicted molar refractivity (Wildman–Crippen MR) is 96.6 cm³/mol. The Bertz CT molecular complexity index is 561. The third-order valence-corrected chi connectivity index (χ3v) is 3.54. The summed E-state index contributed by atoms with van der Waals surface area (Å²) in [6.45, 7) is 8.65. The van der Waals surface area contributed by atoms with Crippen LogP contribution in [0.4, 0.5) is 5.69 Å². The van der Waals surface area contributed by atoms with Gasteiger partial charge in [0.05, 0.1) is 6.61 Å². The van der Waals surface area contributed by atoms with E-state index in [4.69, 9.17) is 9.47 Å². The fraction of sp³-hybridized carbons (Fsp3) is 0.400. The van der Waals surface area contributed by atoms with Gasteiger partial charge in [-0.1, -0.05) is 31.5 Å². The highest BCUT2D eigenvalue weighted by molar-refractivity contribution is 5.46. The van der Waals surface area contributed by atoms with Gasteiger partial charge in [-0.15, -0.1) is 0 Å². The van der Waals surface area contributed by atoms with Crippen LogP contribution >= 0.6 is 0 Å². The second-order valence-corrected chi connectivity index (χ2v) is 6.14. The number of anilines is 1. The lowest BCUT2D eigenvalue weighted by atomic mass is 10.1. The fourth-order valence-electron chi connectivity index (χ4n) is 2.08. The van der Waals surface area contributed by atoms with Crippen molar-refractivity contribution in [3.63, 3.8) is 0 Å². The maximum absolute atomic E-state index is 5.71. The second-order valence-electron chi connectivity index (χ2n) is 6.14. The van der Waals surface area contributed by atoms with Crippen LogP contribution in [-0.2, 0) is 0 Å². The van der Waals surface area contributed by atoms with Crippen molar-refractivity contribution in [2.75, 3.05) is 25.1 Å². The van der Waals surface area contributed by atoms with E-state index in [0.717, 1.165) is 36.8 Å². The summed E-state index contributed by atoms with van der Waals surface area (Å²) in [6.07, 6.45) is 1.08. The smallest absolute Gasteiger partial charge is 0.119 e. The average molecular weight is 313 g/mol. The van der Waals surface area contributed by atoms with Crippen LogP contribution in [0.15, 0.2) is 48.5 Å². The molecule has 0 saturated carbocycles. The number of benzene rings is 2. The van der Waals surface area contributed by atoms with Crippen molar-refractivity contribution in [3.8, 4) is 11.5 Å². The van der Waals surface area contributed by atoms with Gasteiger partial charge in [0.2, 0.25) is 0 Å². The molecule has 0 heterocycles. The van der Waals surface area contributed by atoms with Crippen LogP contribution in [0.5, 0.6) is 11.5 Å². The SMILES string of the molecule is Cc1ccc(OCCNc2ccc(OCCC(C)C)cc2)cc1. The van der Waals surface area contributed by atoms with Gasteiger partial charge in [0.15, 0.2) is 0 Å². The van der Waals surface area contributed by atoms with Crippen molar-refractivity contribution in [2.45, 2.75) is 27.2 Å². The maximum Gasteiger partial charge on any atom is 0.119 e. The lowest BCUT2D eigenvalue weighted by Gasteiger charge is -2.11. The van der Waals surface area contributed by atoms with Crippen molar-refractivity contribution in [1.82, 2.24) is 0 Å². The Morgan fingerprint density at radius 1 is 0.826 bits per heavy atom. The summed E-state index contributed by atoms with van der Waals surface area (Å²) >= 11 is 0. The van der Waals surface area contributed by atoms with E-state index in [1.165, 1.54) is 5.56 Å². The summed E-state index contributed by atoms with van der Waals surface area (Å²) in [6, 6.07) is 16.2. The summed E-state index contributed by atoms with van der Waals surface area (Å²) in [5.41, 5.74) is 2.32. The van der Waals surface area contributed by atoms with E-state index in [2.05, 4.69) is 38.2 Å². The predicted octanol–water partition coefficient (Wildman–Crippen LogP) is 4.91. The Balaban J connectivity index is 1.66. The molecule has 1 N–H and O–H groups in total. The minimum absolute atomic E-state index is 0.635. The molecule has 124 valence electrons. The quantitative estimate of drug-likeness (QED) is 0.667. The number of hydrogen-bond donors (Lipinski definition) is 1. The Kier molecular flexibility index (Phi) is 6.79. The lowest BCUT2D eigenvalue weighted by molar-refractivity contribution is 0.289. The third kappa shape index (κ3) is 6.64. The molecule has 2 aromatic rings. The molecule has 2 rings (SSSR count). The first-order chi connectivity index (χ1) is 11.1. The molecule has 2 aromatic carbocycles. The normalized spacial score (nSPS) is 10.6. The minimum Gasteiger partial charge on any atom is -0.494 e. The minimum atomic E-state index is 0.635. The molecular formula is C20H27NO2. The number of ether oxygens (including phenoxy) is 2. The monoisotopic (exact) mass is 313 g/mol. The van der Waals surface area contributed by atoms with E-state index in [0.29, 0.717) is 12.5 Å². The Morgan fingerprint density at radius 2 is 1.39 bits per heavy atom. The maximum atomic E-state index is 5.71. The first kappa shape index (κ1) is 17.2. The van der Waals surface area contributed by atoms with E-state index >= 15 is 0 Å². The zero-order valence-corrected chi connectivity index (χ0v) is 14.3. The molecule has 0 bridgehead atoms. The standard InChI is InChI=1S/C20H27NO2/c1-16(2)12-14-22-20-10-6-18(7-11-20)21-13-15-23-19-8-4-17(3)5-9-19/h4-11,16,21H,12-15H2,1-3H3. The summed E-state index contributed by atoms with van der Waals surface area (Å²) < 4.78 is 11.4. The zero-order chi connectivity index (χ0) is 16.5. The van der Waals surface area contributed by atoms with Crippen LogP contribution in [-0.4, -0.2) is 19.8 Å². The van der Waals surface area contributed by atoms with Gasteiger partial charge in [-0.3, -0.25) is 0 Å². The highest BCUT2D eigenvalue weighted by Crippen LogP contribution is 2.16. The van der Waals surface area contributed by atoms with Gasteiger partial charge in [0.1, 0.15) is 18.1 Å². The van der Waals surface area contributed by atoms with Crippen LogP contribution in [0.2, 0.25) is 0 Å². The van der Waals surface area contributed by atoms with Gasteiger partial charge in [0.25, 0.3) is 0 Å². The molecule has 0 fully saturated rings. The van der Waals surface area contributed by atoms with Crippen molar-refractivity contribution in [1.29, 1.82) is 0 Å². The van der Waals surface area contributed by atoms with Crippen molar-refractivity contribution >= 4 is 5.69 Å². The molecule has 0 aliphatic rings. The van der Waals surface area contributed by atoms with E-state index in [1.807, 2.05) is 36.4 Å². The second kappa shape index (κ2) is 9.09. The summed E-state index contributed by atoms with van der Waals surface area (Å²) in [5, 5.41) is 3.35. The van der Waals surface area contributed by atoms with Crippen LogP contribution in [0.3, 0.4) is 0 Å². The molecule has 0 amide bonds. The fourth-order valence-corrected chi connectivity index (χ4v) is 2.08. The highest BCUT2D eigenvalue weighted by Gasteiger charge is 1.98. The molecule has 0 atom stereocenters. The topological polar surface area (TPSA) is 30.5 Å². The molecule has 3 nitrogen and oxygen atoms in total. The number of rotatable bonds is 9. The van der Waals surface area contributed by atoms with Crippen molar-refractivity contribution < 1.29 is 9.47 Å². The first-order valence-electron chi connectivity index (χ1n) is 8.29. The number of nitrogens with one attached hydrogen (secondary N) is 1. The molecular weight excluding hydrogens is 286 g/mol. The molecule has 0 radical (unpaired) electrons. The van der Waals surface area contributed by atoms with Crippen LogP contribution in [0.25, 0.3) is 0 Å². The number of aryl methyl sites for hydroxylation is 1. The van der Waals surface area contributed by atoms with Crippen molar-refractivity contribution in [2.24, 2.45) is 5.92 Å². The molecule has 23 heavy (non-hydrogen) atoms. The van der Waals surface area contributed by atoms with E-state index < -0.39 is 0 Å². The van der Waals surface area contributed by atoms with E-state index in [1.54, 1.807) is 0 Å². The molecule has 0 aromatic heterocycles. The van der Waals surface area contributed by atoms with Crippen LogP contribution in [0, 0.1) is 12.8 Å². The molecule has 0 saturated heterocycles. The first-order valence-corrected chi connectivity index (χ1v) is 8.29. The van der Waals surface area contributed by atoms with E-state index in [9.17, 15) is 0 Å². The molecule has 0 aliphatic carbocycles. The van der Waals surface area contributed by atoms with Crippen molar-refractivity contribution in [3.05, 3.63) is 54.1 Å². The highest BCUT2D eigenvalue weighted by atomic mass is 16.5. The Morgan fingerprint density at radius 3 is 2.00 bits per heavy atom. The van der Waals surface area contributed by atoms with Gasteiger partial charge in [0, 0.05) is 12.2 Å². The van der Waals surface area contributed by atoms with Gasteiger partial charge >= 0.3 is 0 Å². The van der Waals surface area contributed by atoms with Gasteiger partial charge in [-0.05, 0) is 55.7 Å². The zero-order valence-electron chi connectivity index (χ0n) is 14.3. The van der Waals surface area contributed by atoms with Crippen LogP contribution in [0.1, 0.15) is 25.8 Å². The number of hydrogen-bond acceptors (Lipinski definition) is 3. The largest absolute Gasteiger partial charge is 0.494 e. The Labute approximate surface area is 139 Å². The lowest BCUT2D eigenvalue weighted by Crippen LogP contribution is -2.11. The third-order valence-electron chi connectivity index (χ3n) is 3.54. The van der Waals surface area contributed by atoms with E-state index in [-0.39, 0.29) is 0 Å². The molecule has 3 heteroatoms. The average Bonchev–Trinajstić information content (AvgIpc) is 2.54. The summed E-state index contributed by atoms with van der Waals surface area (Å²) in [5.74, 6) is 2.50. The van der Waals surface area contributed by atoms with Gasteiger partial charge in [-0.2, -0.15) is 0 Å². The Hall–Kier alpha value is -2.16. The van der Waals surface area contributed by atoms with Gasteiger partial charge in [-0.25, -0.2) is 0 Å². The van der Waals surface area contributed by atoms with Gasteiger partial charge < -0.3 is 14.8 Å². The molecule has 0 aliphatic heterocycles. The molecule has 0 spiro atoms. The van der Waals surface area contributed by atoms with Crippen LogP contribution < -0.4 is 14.8 Å². The molecule has 0 unspecified atom stereocenters.